The Kier molecular flexibility index (Phi) is 3.09. The second kappa shape index (κ2) is 5.28. The molecule has 5 heterocycles. The number of hydrogen-bond acceptors (Lipinski definition) is 4. The van der Waals surface area contributed by atoms with E-state index in [0.717, 1.165) is 19.6 Å². The van der Waals surface area contributed by atoms with Crippen LogP contribution in [0.1, 0.15) is 16.6 Å². The van der Waals surface area contributed by atoms with E-state index in [4.69, 9.17) is 4.98 Å². The third-order valence-electron chi connectivity index (χ3n) is 5.09. The molecule has 23 heavy (non-hydrogen) atoms. The van der Waals surface area contributed by atoms with E-state index in [1.54, 1.807) is 0 Å². The van der Waals surface area contributed by atoms with Crippen molar-refractivity contribution in [2.45, 2.75) is 19.0 Å². The van der Waals surface area contributed by atoms with Gasteiger partial charge in [0.05, 0.1) is 11.9 Å². The molecule has 4 nitrogen and oxygen atoms in total. The van der Waals surface area contributed by atoms with Crippen LogP contribution in [0.15, 0.2) is 48.2 Å². The molecule has 0 radical (unpaired) electrons. The van der Waals surface area contributed by atoms with Gasteiger partial charge in [0.1, 0.15) is 5.82 Å². The van der Waals surface area contributed by atoms with Gasteiger partial charge in [0.15, 0.2) is 0 Å². The number of hydrogen-bond donors (Lipinski definition) is 0. The molecule has 0 aliphatic carbocycles. The molecule has 0 bridgehead atoms. The van der Waals surface area contributed by atoms with Crippen LogP contribution in [0.25, 0.3) is 11.3 Å². The first-order valence-corrected chi connectivity index (χ1v) is 8.97. The second-order valence-electron chi connectivity index (χ2n) is 6.49. The number of likely N-dealkylation sites (tertiary alicyclic amines) is 1. The van der Waals surface area contributed by atoms with Gasteiger partial charge in [-0.15, -0.1) is 11.3 Å². The summed E-state index contributed by atoms with van der Waals surface area (Å²) in [5, 5.41) is 2.17. The van der Waals surface area contributed by atoms with E-state index in [1.807, 2.05) is 29.9 Å². The largest absolute Gasteiger partial charge is 0.327 e. The first kappa shape index (κ1) is 13.5. The highest BCUT2D eigenvalue weighted by atomic mass is 32.1. The third kappa shape index (κ3) is 2.23. The summed E-state index contributed by atoms with van der Waals surface area (Å²) in [5.74, 6) is 2.57. The summed E-state index contributed by atoms with van der Waals surface area (Å²) in [4.78, 5) is 12.9. The van der Waals surface area contributed by atoms with Crippen molar-refractivity contribution >= 4 is 11.3 Å². The summed E-state index contributed by atoms with van der Waals surface area (Å²) in [6.45, 7) is 4.50. The van der Waals surface area contributed by atoms with Gasteiger partial charge in [-0.25, -0.2) is 4.98 Å². The SMILES string of the molecule is c1csc(CN2C[C@H]3Cn4c(-c5ccncc5)cnc4[C@@H]3C2)c1. The Bertz CT molecular complexity index is 809. The number of fused-ring (bicyclic) bond motifs is 3. The summed E-state index contributed by atoms with van der Waals surface area (Å²) >= 11 is 1.86. The van der Waals surface area contributed by atoms with E-state index in [1.165, 1.54) is 28.5 Å². The predicted octanol–water partition coefficient (Wildman–Crippen LogP) is 3.24. The van der Waals surface area contributed by atoms with Gasteiger partial charge >= 0.3 is 0 Å². The predicted molar refractivity (Wildman–Crippen MR) is 91.3 cm³/mol. The van der Waals surface area contributed by atoms with Gasteiger partial charge in [-0.1, -0.05) is 6.07 Å². The maximum Gasteiger partial charge on any atom is 0.113 e. The summed E-state index contributed by atoms with van der Waals surface area (Å²) in [5.41, 5.74) is 2.45. The Morgan fingerprint density at radius 2 is 2.04 bits per heavy atom. The standard InChI is InChI=1S/C18H18N4S/c1-2-15(23-7-1)11-21-9-14-10-22-17(13-3-5-19-6-4-13)8-20-18(22)16(14)12-21/h1-8,14,16H,9-12H2/t14-,16+/m0/s1. The molecule has 5 heteroatoms. The van der Waals surface area contributed by atoms with Crippen molar-refractivity contribution in [2.75, 3.05) is 13.1 Å². The van der Waals surface area contributed by atoms with Crippen LogP contribution >= 0.6 is 11.3 Å². The van der Waals surface area contributed by atoms with Gasteiger partial charge in [0, 0.05) is 60.8 Å². The molecule has 0 N–H and O–H groups in total. The zero-order valence-corrected chi connectivity index (χ0v) is 13.6. The first-order chi connectivity index (χ1) is 11.4. The average molecular weight is 322 g/mol. The molecular formula is C18H18N4S. The molecule has 2 atom stereocenters. The van der Waals surface area contributed by atoms with E-state index >= 15 is 0 Å². The lowest BCUT2D eigenvalue weighted by molar-refractivity contribution is 0.309. The molecule has 1 fully saturated rings. The van der Waals surface area contributed by atoms with Gasteiger partial charge < -0.3 is 4.57 Å². The van der Waals surface area contributed by atoms with Crippen molar-refractivity contribution in [3.8, 4) is 11.3 Å². The average Bonchev–Trinajstić information content (AvgIpc) is 3.31. The molecular weight excluding hydrogens is 304 g/mol. The van der Waals surface area contributed by atoms with Crippen LogP contribution in [0.5, 0.6) is 0 Å². The highest BCUT2D eigenvalue weighted by molar-refractivity contribution is 7.09. The van der Waals surface area contributed by atoms with E-state index in [9.17, 15) is 0 Å². The van der Waals surface area contributed by atoms with Crippen LogP contribution in [0.3, 0.4) is 0 Å². The maximum absolute atomic E-state index is 4.77. The maximum atomic E-state index is 4.77. The van der Waals surface area contributed by atoms with Gasteiger partial charge in [-0.3, -0.25) is 9.88 Å². The fourth-order valence-corrected chi connectivity index (χ4v) is 4.80. The lowest BCUT2D eigenvalue weighted by Crippen LogP contribution is -2.21. The summed E-state index contributed by atoms with van der Waals surface area (Å²) in [7, 11) is 0. The molecule has 1 saturated heterocycles. The van der Waals surface area contributed by atoms with Gasteiger partial charge in [0.25, 0.3) is 0 Å². The van der Waals surface area contributed by atoms with Crippen molar-refractivity contribution in [3.63, 3.8) is 0 Å². The summed E-state index contributed by atoms with van der Waals surface area (Å²) in [6.07, 6.45) is 5.74. The normalized spacial score (nSPS) is 23.1. The molecule has 5 rings (SSSR count). The number of nitrogens with zero attached hydrogens (tertiary/aromatic N) is 4. The van der Waals surface area contributed by atoms with E-state index in [-0.39, 0.29) is 0 Å². The molecule has 3 aromatic rings. The lowest BCUT2D eigenvalue weighted by Gasteiger charge is -2.16. The number of aromatic nitrogens is 3. The van der Waals surface area contributed by atoms with E-state index in [0.29, 0.717) is 11.8 Å². The number of imidazole rings is 1. The molecule has 0 saturated carbocycles. The number of pyridine rings is 1. The molecule has 0 aromatic carbocycles. The quantitative estimate of drug-likeness (QED) is 0.742. The van der Waals surface area contributed by atoms with Crippen molar-refractivity contribution in [3.05, 3.63) is 58.9 Å². The monoisotopic (exact) mass is 322 g/mol. The molecule has 2 aliphatic heterocycles. The summed E-state index contributed by atoms with van der Waals surface area (Å²) in [6, 6.07) is 8.52. The van der Waals surface area contributed by atoms with Crippen LogP contribution in [-0.2, 0) is 13.1 Å². The Labute approximate surface area is 139 Å². The smallest absolute Gasteiger partial charge is 0.113 e. The minimum Gasteiger partial charge on any atom is -0.327 e. The minimum absolute atomic E-state index is 0.588. The summed E-state index contributed by atoms with van der Waals surface area (Å²) < 4.78 is 2.42. The Balaban J connectivity index is 1.39. The highest BCUT2D eigenvalue weighted by Gasteiger charge is 2.42. The second-order valence-corrected chi connectivity index (χ2v) is 7.52. The molecule has 116 valence electrons. The molecule has 3 aromatic heterocycles. The number of thiophene rings is 1. The van der Waals surface area contributed by atoms with E-state index in [2.05, 4.69) is 44.1 Å². The molecule has 0 amide bonds. The van der Waals surface area contributed by atoms with Crippen molar-refractivity contribution in [1.29, 1.82) is 0 Å². The highest BCUT2D eigenvalue weighted by Crippen LogP contribution is 2.41. The lowest BCUT2D eigenvalue weighted by atomic mass is 9.99. The van der Waals surface area contributed by atoms with Gasteiger partial charge in [-0.05, 0) is 23.6 Å². The van der Waals surface area contributed by atoms with Crippen molar-refractivity contribution in [1.82, 2.24) is 19.4 Å². The zero-order valence-electron chi connectivity index (χ0n) is 12.8. The topological polar surface area (TPSA) is 34.0 Å². The minimum atomic E-state index is 0.588. The molecule has 0 unspecified atom stereocenters. The third-order valence-corrected chi connectivity index (χ3v) is 5.95. The van der Waals surface area contributed by atoms with Crippen LogP contribution < -0.4 is 0 Å². The van der Waals surface area contributed by atoms with Crippen LogP contribution in [0, 0.1) is 5.92 Å². The fourth-order valence-electron chi connectivity index (χ4n) is 4.06. The van der Waals surface area contributed by atoms with Crippen LogP contribution in [0.4, 0.5) is 0 Å². The Hall–Kier alpha value is -1.98. The van der Waals surface area contributed by atoms with Gasteiger partial charge in [-0.2, -0.15) is 0 Å². The van der Waals surface area contributed by atoms with Crippen LogP contribution in [0.2, 0.25) is 0 Å². The molecule has 2 aliphatic rings. The van der Waals surface area contributed by atoms with Crippen LogP contribution in [-0.4, -0.2) is 32.5 Å². The fraction of sp³-hybridized carbons (Fsp3) is 0.333. The van der Waals surface area contributed by atoms with Crippen molar-refractivity contribution in [2.24, 2.45) is 5.92 Å². The van der Waals surface area contributed by atoms with Crippen molar-refractivity contribution < 1.29 is 0 Å². The Morgan fingerprint density at radius 3 is 2.87 bits per heavy atom. The zero-order chi connectivity index (χ0) is 15.2. The van der Waals surface area contributed by atoms with Gasteiger partial charge in [0.2, 0.25) is 0 Å². The number of rotatable bonds is 3. The Morgan fingerprint density at radius 1 is 1.13 bits per heavy atom. The van der Waals surface area contributed by atoms with E-state index < -0.39 is 0 Å². The first-order valence-electron chi connectivity index (χ1n) is 8.09. The molecule has 0 spiro atoms.